The third-order valence-corrected chi connectivity index (χ3v) is 3.36. The third-order valence-electron chi connectivity index (χ3n) is 3.36. The van der Waals surface area contributed by atoms with Crippen molar-refractivity contribution in [2.75, 3.05) is 6.54 Å². The maximum atomic E-state index is 11.5. The standard InChI is InChI=1S/C13H23N3O2/c1-3-16(10-14)15-13(17)18-11(2)9-12-7-5-4-6-8-12/h11-12H,3-9H2,1-2H3,(H,15,17)/t11-/m0/s1. The fourth-order valence-electron chi connectivity index (χ4n) is 2.43. The van der Waals surface area contributed by atoms with E-state index in [1.54, 1.807) is 6.92 Å². The molecule has 0 aliphatic heterocycles. The quantitative estimate of drug-likeness (QED) is 0.465. The highest BCUT2D eigenvalue weighted by Gasteiger charge is 2.19. The molecule has 5 nitrogen and oxygen atoms in total. The Morgan fingerprint density at radius 3 is 2.72 bits per heavy atom. The molecule has 1 rings (SSSR count). The number of carbonyl (C=O) groups is 1. The molecule has 1 amide bonds. The van der Waals surface area contributed by atoms with Gasteiger partial charge in [0, 0.05) is 6.54 Å². The monoisotopic (exact) mass is 253 g/mol. The number of rotatable bonds is 5. The summed E-state index contributed by atoms with van der Waals surface area (Å²) in [5.74, 6) is 0.680. The average Bonchev–Trinajstić information content (AvgIpc) is 2.36. The van der Waals surface area contributed by atoms with E-state index in [1.165, 1.54) is 32.1 Å². The number of hydrogen-bond acceptors (Lipinski definition) is 4. The largest absolute Gasteiger partial charge is 0.445 e. The van der Waals surface area contributed by atoms with E-state index >= 15 is 0 Å². The van der Waals surface area contributed by atoms with Crippen molar-refractivity contribution in [1.29, 1.82) is 5.26 Å². The van der Waals surface area contributed by atoms with Crippen LogP contribution < -0.4 is 5.43 Å². The van der Waals surface area contributed by atoms with Gasteiger partial charge in [-0.05, 0) is 26.2 Å². The Hall–Kier alpha value is -1.44. The van der Waals surface area contributed by atoms with Gasteiger partial charge in [-0.15, -0.1) is 0 Å². The summed E-state index contributed by atoms with van der Waals surface area (Å²) in [6.45, 7) is 4.13. The Balaban J connectivity index is 2.24. The first kappa shape index (κ1) is 14.6. The lowest BCUT2D eigenvalue weighted by molar-refractivity contribution is 0.0733. The van der Waals surface area contributed by atoms with E-state index in [4.69, 9.17) is 10.00 Å². The summed E-state index contributed by atoms with van der Waals surface area (Å²) in [5, 5.41) is 9.82. The van der Waals surface area contributed by atoms with E-state index in [-0.39, 0.29) is 6.10 Å². The lowest BCUT2D eigenvalue weighted by Gasteiger charge is -2.25. The van der Waals surface area contributed by atoms with Crippen LogP contribution in [0.25, 0.3) is 0 Å². The molecule has 1 atom stereocenters. The zero-order chi connectivity index (χ0) is 13.4. The summed E-state index contributed by atoms with van der Waals surface area (Å²) in [4.78, 5) is 11.5. The molecule has 1 fully saturated rings. The second kappa shape index (κ2) is 7.80. The minimum atomic E-state index is -0.540. The van der Waals surface area contributed by atoms with Crippen molar-refractivity contribution in [3.05, 3.63) is 0 Å². The first-order valence-electron chi connectivity index (χ1n) is 6.80. The van der Waals surface area contributed by atoms with Crippen molar-refractivity contribution < 1.29 is 9.53 Å². The van der Waals surface area contributed by atoms with Crippen LogP contribution in [0.5, 0.6) is 0 Å². The number of hydrogen-bond donors (Lipinski definition) is 1. The van der Waals surface area contributed by atoms with Crippen LogP contribution in [-0.2, 0) is 4.74 Å². The van der Waals surface area contributed by atoms with E-state index in [2.05, 4.69) is 5.43 Å². The molecule has 0 bridgehead atoms. The predicted molar refractivity (Wildman–Crippen MR) is 68.3 cm³/mol. The molecule has 0 aromatic rings. The van der Waals surface area contributed by atoms with E-state index in [0.29, 0.717) is 12.5 Å². The number of ether oxygens (including phenoxy) is 1. The highest BCUT2D eigenvalue weighted by Crippen LogP contribution is 2.27. The van der Waals surface area contributed by atoms with Crippen LogP contribution in [0.15, 0.2) is 0 Å². The SMILES string of the molecule is CCN(C#N)NC(=O)O[C@@H](C)CC1CCCCC1. The Bertz CT molecular complexity index is 295. The minimum Gasteiger partial charge on any atom is -0.445 e. The summed E-state index contributed by atoms with van der Waals surface area (Å²) in [7, 11) is 0. The molecule has 0 aromatic heterocycles. The van der Waals surface area contributed by atoms with Crippen LogP contribution in [0.4, 0.5) is 4.79 Å². The van der Waals surface area contributed by atoms with Gasteiger partial charge in [0.1, 0.15) is 6.10 Å². The molecular formula is C13H23N3O2. The summed E-state index contributed by atoms with van der Waals surface area (Å²) < 4.78 is 5.24. The highest BCUT2D eigenvalue weighted by atomic mass is 16.6. The Kier molecular flexibility index (Phi) is 6.34. The molecule has 0 radical (unpaired) electrons. The van der Waals surface area contributed by atoms with Gasteiger partial charge in [-0.25, -0.2) is 15.2 Å². The topological polar surface area (TPSA) is 65.4 Å². The van der Waals surface area contributed by atoms with Crippen LogP contribution in [0, 0.1) is 17.4 Å². The molecule has 0 heterocycles. The third kappa shape index (κ3) is 5.26. The van der Waals surface area contributed by atoms with Gasteiger partial charge in [-0.2, -0.15) is 5.26 Å². The number of nitrogens with zero attached hydrogens (tertiary/aromatic N) is 2. The normalized spacial score (nSPS) is 17.6. The molecule has 18 heavy (non-hydrogen) atoms. The number of hydrazine groups is 1. The summed E-state index contributed by atoms with van der Waals surface area (Å²) in [6, 6.07) is 0. The van der Waals surface area contributed by atoms with Gasteiger partial charge in [0.25, 0.3) is 0 Å². The molecule has 0 saturated heterocycles. The Morgan fingerprint density at radius 1 is 1.50 bits per heavy atom. The van der Waals surface area contributed by atoms with Gasteiger partial charge >= 0.3 is 6.09 Å². The van der Waals surface area contributed by atoms with Crippen molar-refractivity contribution in [1.82, 2.24) is 10.4 Å². The van der Waals surface area contributed by atoms with Gasteiger partial charge in [0.05, 0.1) is 0 Å². The zero-order valence-electron chi connectivity index (χ0n) is 11.3. The van der Waals surface area contributed by atoms with Gasteiger partial charge in [-0.3, -0.25) is 0 Å². The maximum absolute atomic E-state index is 11.5. The predicted octanol–water partition coefficient (Wildman–Crippen LogP) is 2.79. The smallest absolute Gasteiger partial charge is 0.427 e. The number of carbonyl (C=O) groups excluding carboxylic acids is 1. The highest BCUT2D eigenvalue weighted by molar-refractivity contribution is 5.66. The van der Waals surface area contributed by atoms with Crippen LogP contribution in [0.2, 0.25) is 0 Å². The second-order valence-electron chi connectivity index (χ2n) is 4.91. The minimum absolute atomic E-state index is 0.0921. The molecule has 1 saturated carbocycles. The summed E-state index contributed by atoms with van der Waals surface area (Å²) in [5.41, 5.74) is 2.40. The molecule has 0 spiro atoms. The molecule has 1 aliphatic carbocycles. The molecule has 1 aliphatic rings. The van der Waals surface area contributed by atoms with Crippen LogP contribution in [0.1, 0.15) is 52.4 Å². The molecule has 0 unspecified atom stereocenters. The van der Waals surface area contributed by atoms with E-state index < -0.39 is 6.09 Å². The maximum Gasteiger partial charge on any atom is 0.427 e. The van der Waals surface area contributed by atoms with Gasteiger partial charge < -0.3 is 4.74 Å². The first-order chi connectivity index (χ1) is 8.65. The summed E-state index contributed by atoms with van der Waals surface area (Å²) in [6.07, 6.45) is 8.56. The zero-order valence-corrected chi connectivity index (χ0v) is 11.3. The number of nitrogens with one attached hydrogen (secondary N) is 1. The second-order valence-corrected chi connectivity index (χ2v) is 4.91. The molecule has 102 valence electrons. The van der Waals surface area contributed by atoms with Crippen molar-refractivity contribution in [3.63, 3.8) is 0 Å². The molecule has 1 N–H and O–H groups in total. The molecule has 5 heteroatoms. The van der Waals surface area contributed by atoms with Crippen molar-refractivity contribution >= 4 is 6.09 Å². The number of nitriles is 1. The van der Waals surface area contributed by atoms with E-state index in [9.17, 15) is 4.79 Å². The fourth-order valence-corrected chi connectivity index (χ4v) is 2.43. The molecular weight excluding hydrogens is 230 g/mol. The van der Waals surface area contributed by atoms with Crippen molar-refractivity contribution in [3.8, 4) is 6.19 Å². The van der Waals surface area contributed by atoms with Crippen LogP contribution in [-0.4, -0.2) is 23.8 Å². The van der Waals surface area contributed by atoms with Crippen LogP contribution >= 0.6 is 0 Å². The Morgan fingerprint density at radius 2 is 2.17 bits per heavy atom. The number of amides is 1. The fraction of sp³-hybridized carbons (Fsp3) is 0.846. The van der Waals surface area contributed by atoms with Crippen LogP contribution in [0.3, 0.4) is 0 Å². The lowest BCUT2D eigenvalue weighted by atomic mass is 9.86. The Labute approximate surface area is 109 Å². The van der Waals surface area contributed by atoms with Gasteiger partial charge in [-0.1, -0.05) is 32.1 Å². The van der Waals surface area contributed by atoms with Gasteiger partial charge in [0.15, 0.2) is 6.19 Å². The van der Waals surface area contributed by atoms with E-state index in [1.807, 2.05) is 13.1 Å². The lowest BCUT2D eigenvalue weighted by Crippen LogP contribution is -2.40. The van der Waals surface area contributed by atoms with Gasteiger partial charge in [0.2, 0.25) is 0 Å². The van der Waals surface area contributed by atoms with Crippen molar-refractivity contribution in [2.45, 2.75) is 58.5 Å². The molecule has 0 aromatic carbocycles. The first-order valence-corrected chi connectivity index (χ1v) is 6.80. The van der Waals surface area contributed by atoms with E-state index in [0.717, 1.165) is 11.4 Å². The van der Waals surface area contributed by atoms with Crippen molar-refractivity contribution in [2.24, 2.45) is 5.92 Å². The summed E-state index contributed by atoms with van der Waals surface area (Å²) >= 11 is 0. The average molecular weight is 253 g/mol.